The van der Waals surface area contributed by atoms with Crippen LogP contribution in [0.3, 0.4) is 0 Å². The van der Waals surface area contributed by atoms with E-state index in [1.165, 1.54) is 17.2 Å². The fraction of sp³-hybridized carbons (Fsp3) is 0.412. The maximum atomic E-state index is 10.3. The van der Waals surface area contributed by atoms with Crippen LogP contribution in [0.5, 0.6) is 0 Å². The largest absolute Gasteiger partial charge is 0.394 e. The molecule has 1 fully saturated rings. The number of hydrogen-bond donors (Lipinski definition) is 5. The van der Waals surface area contributed by atoms with Crippen molar-refractivity contribution in [3.05, 3.63) is 47.9 Å². The number of aliphatic imine (C=N–C) groups is 1. The number of aliphatic hydroxyl groups is 3. The number of imidazole rings is 1. The van der Waals surface area contributed by atoms with Crippen molar-refractivity contribution in [2.75, 3.05) is 6.61 Å². The van der Waals surface area contributed by atoms with Crippen LogP contribution in [0.4, 0.5) is 5.82 Å². The van der Waals surface area contributed by atoms with E-state index in [1.54, 1.807) is 0 Å². The van der Waals surface area contributed by atoms with Crippen LogP contribution in [0.2, 0.25) is 0 Å². The maximum Gasteiger partial charge on any atom is 0.165 e. The van der Waals surface area contributed by atoms with E-state index in [1.807, 2.05) is 30.3 Å². The molecule has 0 amide bonds. The number of aromatic nitrogens is 2. The Morgan fingerprint density at radius 3 is 2.69 bits per heavy atom. The average molecular weight is 359 g/mol. The third kappa shape index (κ3) is 2.70. The second-order valence-electron chi connectivity index (χ2n) is 6.59. The molecule has 2 aromatic rings. The zero-order valence-electron chi connectivity index (χ0n) is 13.9. The third-order valence-corrected chi connectivity index (χ3v) is 4.82. The highest BCUT2D eigenvalue weighted by Crippen LogP contribution is 2.37. The minimum Gasteiger partial charge on any atom is -0.394 e. The van der Waals surface area contributed by atoms with E-state index in [0.717, 1.165) is 5.56 Å². The van der Waals surface area contributed by atoms with Crippen LogP contribution < -0.4 is 11.1 Å². The molecule has 9 heteroatoms. The van der Waals surface area contributed by atoms with E-state index in [9.17, 15) is 15.3 Å². The van der Waals surface area contributed by atoms with Gasteiger partial charge in [0.25, 0.3) is 0 Å². The molecule has 1 aromatic heterocycles. The zero-order chi connectivity index (χ0) is 18.3. The number of nitrogens with one attached hydrogen (secondary N) is 1. The number of hydrogen-bond acceptors (Lipinski definition) is 8. The highest BCUT2D eigenvalue weighted by atomic mass is 16.6. The Labute approximate surface area is 149 Å². The lowest BCUT2D eigenvalue weighted by Crippen LogP contribution is -2.53. The van der Waals surface area contributed by atoms with Crippen molar-refractivity contribution in [3.63, 3.8) is 0 Å². The summed E-state index contributed by atoms with van der Waals surface area (Å²) in [7, 11) is 0. The van der Waals surface area contributed by atoms with E-state index in [-0.39, 0.29) is 0 Å². The average Bonchev–Trinajstić information content (AvgIpc) is 3.19. The molecule has 9 nitrogen and oxygen atoms in total. The summed E-state index contributed by atoms with van der Waals surface area (Å²) in [5, 5.41) is 32.6. The van der Waals surface area contributed by atoms with Gasteiger partial charge in [-0.25, -0.2) is 9.98 Å². The standard InChI is InChI=1S/C17H21N5O4/c18-17(6-10-4-2-1-3-5-10)14-15(19-8-21-17)22(9-20-14)16-13(25)12(24)11(7-23)26-16/h1-5,8-9,11-13,16,23-25H,6-7,18H2,(H,19,21)/t11-,12-,13-,16-,17?/m1/s1. The number of rotatable bonds is 4. The second-order valence-corrected chi connectivity index (χ2v) is 6.59. The van der Waals surface area contributed by atoms with Gasteiger partial charge in [0.15, 0.2) is 12.0 Å². The molecule has 0 bridgehead atoms. The summed E-state index contributed by atoms with van der Waals surface area (Å²) in [6, 6.07) is 9.77. The van der Waals surface area contributed by atoms with Gasteiger partial charge >= 0.3 is 0 Å². The Balaban J connectivity index is 1.67. The Morgan fingerprint density at radius 2 is 2.00 bits per heavy atom. The minimum atomic E-state index is -1.21. The van der Waals surface area contributed by atoms with Crippen LogP contribution in [-0.4, -0.2) is 56.1 Å². The van der Waals surface area contributed by atoms with Gasteiger partial charge in [0.2, 0.25) is 0 Å². The van der Waals surface area contributed by atoms with E-state index >= 15 is 0 Å². The molecule has 0 radical (unpaired) electrons. The van der Waals surface area contributed by atoms with Gasteiger partial charge in [0.05, 0.1) is 19.3 Å². The van der Waals surface area contributed by atoms with Crippen molar-refractivity contribution in [2.24, 2.45) is 10.7 Å². The van der Waals surface area contributed by atoms with Crippen LogP contribution in [0.15, 0.2) is 41.7 Å². The Hall–Kier alpha value is -2.30. The predicted molar refractivity (Wildman–Crippen MR) is 92.5 cm³/mol. The van der Waals surface area contributed by atoms with Crippen LogP contribution in [-0.2, 0) is 16.8 Å². The number of ether oxygens (including phenoxy) is 1. The molecular weight excluding hydrogens is 338 g/mol. The van der Waals surface area contributed by atoms with Crippen molar-refractivity contribution in [1.82, 2.24) is 14.9 Å². The molecule has 1 saturated heterocycles. The highest BCUT2D eigenvalue weighted by Gasteiger charge is 2.45. The molecule has 4 rings (SSSR count). The first-order chi connectivity index (χ1) is 12.5. The summed E-state index contributed by atoms with van der Waals surface area (Å²) in [6.07, 6.45) is -0.732. The van der Waals surface area contributed by atoms with E-state index in [2.05, 4.69) is 15.3 Å². The quantitative estimate of drug-likeness (QED) is 0.477. The first kappa shape index (κ1) is 17.1. The molecular formula is C17H21N5O4. The summed E-state index contributed by atoms with van der Waals surface area (Å²) in [5.41, 5.74) is 7.14. The molecule has 0 saturated carbocycles. The van der Waals surface area contributed by atoms with Crippen molar-refractivity contribution in [2.45, 2.75) is 36.6 Å². The van der Waals surface area contributed by atoms with Crippen molar-refractivity contribution >= 4 is 12.2 Å². The lowest BCUT2D eigenvalue weighted by molar-refractivity contribution is -0.0520. The Morgan fingerprint density at radius 1 is 1.23 bits per heavy atom. The summed E-state index contributed by atoms with van der Waals surface area (Å²) < 4.78 is 7.10. The normalized spacial score (nSPS) is 33.1. The molecule has 6 N–H and O–H groups in total. The maximum absolute atomic E-state index is 10.3. The summed E-state index contributed by atoms with van der Waals surface area (Å²) in [5.74, 6) is 0.442. The summed E-state index contributed by atoms with van der Waals surface area (Å²) >= 11 is 0. The topological polar surface area (TPSA) is 138 Å². The van der Waals surface area contributed by atoms with Crippen LogP contribution in [0, 0.1) is 0 Å². The van der Waals surface area contributed by atoms with Gasteiger partial charge < -0.3 is 31.1 Å². The zero-order valence-corrected chi connectivity index (χ0v) is 13.9. The molecule has 2 aliphatic heterocycles. The number of nitrogens with zero attached hydrogens (tertiary/aromatic N) is 3. The molecule has 26 heavy (non-hydrogen) atoms. The Kier molecular flexibility index (Phi) is 4.25. The molecule has 2 aliphatic rings. The van der Waals surface area contributed by atoms with Gasteiger partial charge in [0.1, 0.15) is 29.7 Å². The molecule has 5 atom stereocenters. The molecule has 1 aromatic carbocycles. The molecule has 0 aliphatic carbocycles. The lowest BCUT2D eigenvalue weighted by atomic mass is 9.96. The molecule has 1 unspecified atom stereocenters. The first-order valence-electron chi connectivity index (χ1n) is 8.36. The monoisotopic (exact) mass is 359 g/mol. The Bertz CT molecular complexity index is 811. The smallest absolute Gasteiger partial charge is 0.165 e. The van der Waals surface area contributed by atoms with Gasteiger partial charge in [-0.05, 0) is 5.56 Å². The molecule has 0 spiro atoms. The summed E-state index contributed by atoms with van der Waals surface area (Å²) in [6.45, 7) is -0.398. The second kappa shape index (κ2) is 6.45. The number of benzene rings is 1. The fourth-order valence-electron chi connectivity index (χ4n) is 3.42. The molecule has 138 valence electrons. The van der Waals surface area contributed by atoms with Gasteiger partial charge in [-0.2, -0.15) is 0 Å². The SMILES string of the molecule is NC1(Cc2ccccc2)NC=Nc2c1ncn2[C@@H]1O[C@H](CO)[C@@H](O)[C@H]1O. The summed E-state index contributed by atoms with van der Waals surface area (Å²) in [4.78, 5) is 8.68. The van der Waals surface area contributed by atoms with Crippen LogP contribution in [0.25, 0.3) is 0 Å². The van der Waals surface area contributed by atoms with Gasteiger partial charge in [-0.1, -0.05) is 30.3 Å². The molecule has 3 heterocycles. The highest BCUT2D eigenvalue weighted by molar-refractivity contribution is 5.67. The number of aliphatic hydroxyl groups excluding tert-OH is 3. The number of fused-ring (bicyclic) bond motifs is 1. The lowest BCUT2D eigenvalue weighted by Gasteiger charge is -2.31. The van der Waals surface area contributed by atoms with E-state index in [4.69, 9.17) is 10.5 Å². The van der Waals surface area contributed by atoms with Crippen molar-refractivity contribution < 1.29 is 20.1 Å². The van der Waals surface area contributed by atoms with Crippen LogP contribution >= 0.6 is 0 Å². The predicted octanol–water partition coefficient (Wildman–Crippen LogP) is -0.888. The van der Waals surface area contributed by atoms with Gasteiger partial charge in [-0.15, -0.1) is 0 Å². The first-order valence-corrected chi connectivity index (χ1v) is 8.36. The fourth-order valence-corrected chi connectivity index (χ4v) is 3.42. The van der Waals surface area contributed by atoms with E-state index < -0.39 is 36.8 Å². The number of nitrogens with two attached hydrogens (primary N) is 1. The van der Waals surface area contributed by atoms with Gasteiger partial charge in [0, 0.05) is 6.42 Å². The third-order valence-electron chi connectivity index (χ3n) is 4.82. The van der Waals surface area contributed by atoms with Gasteiger partial charge in [-0.3, -0.25) is 4.57 Å². The van der Waals surface area contributed by atoms with Crippen molar-refractivity contribution in [3.8, 4) is 0 Å². The minimum absolute atomic E-state index is 0.398. The van der Waals surface area contributed by atoms with Crippen LogP contribution in [0.1, 0.15) is 17.5 Å². The van der Waals surface area contributed by atoms with Crippen molar-refractivity contribution in [1.29, 1.82) is 0 Å². The van der Waals surface area contributed by atoms with E-state index in [0.29, 0.717) is 17.9 Å².